The highest BCUT2D eigenvalue weighted by Gasteiger charge is 2.13. The summed E-state index contributed by atoms with van der Waals surface area (Å²) in [6, 6.07) is 13.2. The Morgan fingerprint density at radius 2 is 2.09 bits per heavy atom. The molecule has 0 saturated heterocycles. The van der Waals surface area contributed by atoms with E-state index in [1.807, 2.05) is 49.4 Å². The van der Waals surface area contributed by atoms with E-state index in [2.05, 4.69) is 26.2 Å². The molecule has 2 aromatic carbocycles. The number of nitrogens with one attached hydrogen (secondary N) is 2. The lowest BCUT2D eigenvalue weighted by atomic mass is 10.1. The first-order chi connectivity index (χ1) is 10.5. The summed E-state index contributed by atoms with van der Waals surface area (Å²) >= 11 is 9.46. The molecule has 1 aromatic heterocycles. The third kappa shape index (κ3) is 3.18. The lowest BCUT2D eigenvalue weighted by molar-refractivity contribution is -0.115. The maximum atomic E-state index is 12.3. The minimum Gasteiger partial charge on any atom is -0.358 e. The molecule has 0 aliphatic carbocycles. The molecule has 1 heterocycles. The van der Waals surface area contributed by atoms with Gasteiger partial charge in [0.25, 0.3) is 0 Å². The highest BCUT2D eigenvalue weighted by Crippen LogP contribution is 2.26. The van der Waals surface area contributed by atoms with Gasteiger partial charge < -0.3 is 10.3 Å². The van der Waals surface area contributed by atoms with Gasteiger partial charge in [-0.05, 0) is 48.9 Å². The van der Waals surface area contributed by atoms with Crippen molar-refractivity contribution < 1.29 is 4.79 Å². The highest BCUT2D eigenvalue weighted by atomic mass is 79.9. The van der Waals surface area contributed by atoms with Gasteiger partial charge in [0.2, 0.25) is 5.91 Å². The molecule has 0 fully saturated rings. The van der Waals surface area contributed by atoms with E-state index in [0.717, 1.165) is 32.3 Å². The fourth-order valence-corrected chi connectivity index (χ4v) is 3.09. The molecule has 3 aromatic rings. The van der Waals surface area contributed by atoms with Crippen LogP contribution in [0.4, 0.5) is 5.69 Å². The molecular weight excluding hydrogens is 364 g/mol. The van der Waals surface area contributed by atoms with Gasteiger partial charge in [0.1, 0.15) is 0 Å². The third-order valence-corrected chi connectivity index (χ3v) is 4.26. The molecule has 0 spiro atoms. The summed E-state index contributed by atoms with van der Waals surface area (Å²) in [5, 5.41) is 4.57. The number of carbonyl (C=O) groups excluding carboxylic acids is 1. The minimum absolute atomic E-state index is 0.0536. The van der Waals surface area contributed by atoms with Crippen molar-refractivity contribution in [3.05, 3.63) is 63.2 Å². The Morgan fingerprint density at radius 3 is 2.86 bits per heavy atom. The van der Waals surface area contributed by atoms with E-state index in [1.165, 1.54) is 0 Å². The zero-order valence-electron chi connectivity index (χ0n) is 11.9. The number of anilines is 1. The second kappa shape index (κ2) is 6.15. The number of halogens is 2. The van der Waals surface area contributed by atoms with Gasteiger partial charge in [0.05, 0.1) is 6.42 Å². The largest absolute Gasteiger partial charge is 0.358 e. The molecule has 112 valence electrons. The Labute approximate surface area is 141 Å². The van der Waals surface area contributed by atoms with Crippen molar-refractivity contribution in [2.45, 2.75) is 13.3 Å². The number of amides is 1. The van der Waals surface area contributed by atoms with Crippen LogP contribution in [0.15, 0.2) is 46.9 Å². The Hall–Kier alpha value is -1.78. The molecule has 3 nitrogen and oxygen atoms in total. The maximum Gasteiger partial charge on any atom is 0.228 e. The van der Waals surface area contributed by atoms with Crippen LogP contribution in [0.1, 0.15) is 11.3 Å². The van der Waals surface area contributed by atoms with Crippen molar-refractivity contribution in [2.24, 2.45) is 0 Å². The fourth-order valence-electron chi connectivity index (χ4n) is 2.51. The van der Waals surface area contributed by atoms with Crippen LogP contribution in [-0.2, 0) is 11.2 Å². The summed E-state index contributed by atoms with van der Waals surface area (Å²) in [6.07, 6.45) is 0.304. The number of hydrogen-bond acceptors (Lipinski definition) is 1. The van der Waals surface area contributed by atoms with Crippen LogP contribution in [-0.4, -0.2) is 10.9 Å². The summed E-state index contributed by atoms with van der Waals surface area (Å²) < 4.78 is 0.931. The normalized spacial score (nSPS) is 10.9. The average Bonchev–Trinajstić information content (AvgIpc) is 2.75. The van der Waals surface area contributed by atoms with Gasteiger partial charge in [-0.1, -0.05) is 33.6 Å². The highest BCUT2D eigenvalue weighted by molar-refractivity contribution is 9.10. The molecule has 3 rings (SSSR count). The summed E-state index contributed by atoms with van der Waals surface area (Å²) in [5.41, 5.74) is 3.73. The lowest BCUT2D eigenvalue weighted by Crippen LogP contribution is -2.14. The zero-order valence-corrected chi connectivity index (χ0v) is 14.3. The third-order valence-electron chi connectivity index (χ3n) is 3.53. The van der Waals surface area contributed by atoms with E-state index in [4.69, 9.17) is 11.6 Å². The number of benzene rings is 2. The molecule has 0 aliphatic heterocycles. The molecule has 1 amide bonds. The van der Waals surface area contributed by atoms with Gasteiger partial charge in [-0.15, -0.1) is 0 Å². The maximum absolute atomic E-state index is 12.3. The molecule has 0 unspecified atom stereocenters. The zero-order chi connectivity index (χ0) is 15.7. The number of aromatic nitrogens is 1. The molecule has 0 bridgehead atoms. The van der Waals surface area contributed by atoms with Crippen LogP contribution < -0.4 is 5.32 Å². The molecule has 0 saturated carbocycles. The quantitative estimate of drug-likeness (QED) is 0.657. The van der Waals surface area contributed by atoms with Gasteiger partial charge in [-0.2, -0.15) is 0 Å². The Kier molecular flexibility index (Phi) is 4.23. The van der Waals surface area contributed by atoms with Crippen LogP contribution in [0.5, 0.6) is 0 Å². The number of fused-ring (bicyclic) bond motifs is 1. The number of aryl methyl sites for hydroxylation is 1. The molecule has 2 N–H and O–H groups in total. The van der Waals surface area contributed by atoms with Crippen LogP contribution in [0, 0.1) is 6.92 Å². The minimum atomic E-state index is -0.0536. The summed E-state index contributed by atoms with van der Waals surface area (Å²) in [4.78, 5) is 15.6. The van der Waals surface area contributed by atoms with Crippen LogP contribution in [0.25, 0.3) is 10.9 Å². The molecule has 0 aliphatic rings. The van der Waals surface area contributed by atoms with Crippen molar-refractivity contribution in [3.8, 4) is 0 Å². The van der Waals surface area contributed by atoms with Crippen molar-refractivity contribution in [3.63, 3.8) is 0 Å². The van der Waals surface area contributed by atoms with E-state index < -0.39 is 0 Å². The van der Waals surface area contributed by atoms with Gasteiger partial charge in [0.15, 0.2) is 0 Å². The van der Waals surface area contributed by atoms with Crippen LogP contribution in [0.2, 0.25) is 5.02 Å². The van der Waals surface area contributed by atoms with E-state index in [9.17, 15) is 4.79 Å². The molecular formula is C17H14BrClN2O. The van der Waals surface area contributed by atoms with E-state index in [-0.39, 0.29) is 5.91 Å². The van der Waals surface area contributed by atoms with Crippen molar-refractivity contribution in [2.75, 3.05) is 5.32 Å². The molecule has 0 radical (unpaired) electrons. The fraction of sp³-hybridized carbons (Fsp3) is 0.118. The van der Waals surface area contributed by atoms with Crippen molar-refractivity contribution >= 4 is 50.0 Å². The monoisotopic (exact) mass is 376 g/mol. The van der Waals surface area contributed by atoms with E-state index in [0.29, 0.717) is 11.4 Å². The SMILES string of the molecule is Cc1[nH]c2ccc(Cl)cc2c1CC(=O)Nc1cccc(Br)c1. The molecule has 22 heavy (non-hydrogen) atoms. The number of rotatable bonds is 3. The topological polar surface area (TPSA) is 44.9 Å². The van der Waals surface area contributed by atoms with Crippen molar-refractivity contribution in [1.29, 1.82) is 0 Å². The first-order valence-corrected chi connectivity index (χ1v) is 8.02. The number of aromatic amines is 1. The standard InChI is InChI=1S/C17H14BrClN2O/c1-10-14(15-8-12(19)5-6-16(15)20-10)9-17(22)21-13-4-2-3-11(18)7-13/h2-8,20H,9H2,1H3,(H,21,22). The number of hydrogen-bond donors (Lipinski definition) is 2. The first kappa shape index (κ1) is 15.1. The summed E-state index contributed by atoms with van der Waals surface area (Å²) in [7, 11) is 0. The Balaban J connectivity index is 1.85. The Bertz CT molecular complexity index is 857. The summed E-state index contributed by atoms with van der Waals surface area (Å²) in [5.74, 6) is -0.0536. The first-order valence-electron chi connectivity index (χ1n) is 6.85. The molecule has 5 heteroatoms. The molecule has 0 atom stereocenters. The number of H-pyrrole nitrogens is 1. The number of carbonyl (C=O) groups is 1. The van der Waals surface area contributed by atoms with Gasteiger partial charge in [-0.25, -0.2) is 0 Å². The van der Waals surface area contributed by atoms with Gasteiger partial charge in [-0.3, -0.25) is 4.79 Å². The van der Waals surface area contributed by atoms with Gasteiger partial charge >= 0.3 is 0 Å². The van der Waals surface area contributed by atoms with Crippen molar-refractivity contribution in [1.82, 2.24) is 4.98 Å². The van der Waals surface area contributed by atoms with E-state index in [1.54, 1.807) is 0 Å². The van der Waals surface area contributed by atoms with Crippen LogP contribution in [0.3, 0.4) is 0 Å². The lowest BCUT2D eigenvalue weighted by Gasteiger charge is -2.06. The second-order valence-corrected chi connectivity index (χ2v) is 6.51. The van der Waals surface area contributed by atoms with Gasteiger partial charge in [0, 0.05) is 31.8 Å². The predicted octanol–water partition coefficient (Wildman–Crippen LogP) is 5.07. The Morgan fingerprint density at radius 1 is 1.27 bits per heavy atom. The predicted molar refractivity (Wildman–Crippen MR) is 94.5 cm³/mol. The van der Waals surface area contributed by atoms with Crippen LogP contribution >= 0.6 is 27.5 Å². The van der Waals surface area contributed by atoms with E-state index >= 15 is 0 Å². The second-order valence-electron chi connectivity index (χ2n) is 5.15. The smallest absolute Gasteiger partial charge is 0.228 e. The summed E-state index contributed by atoms with van der Waals surface area (Å²) in [6.45, 7) is 1.97. The average molecular weight is 378 g/mol.